The molecule has 0 aliphatic rings. The van der Waals surface area contributed by atoms with Crippen LogP contribution in [0, 0.1) is 0 Å². The summed E-state index contributed by atoms with van der Waals surface area (Å²) in [5.41, 5.74) is 1.19. The summed E-state index contributed by atoms with van der Waals surface area (Å²) in [6.07, 6.45) is 2.06. The van der Waals surface area contributed by atoms with Crippen LogP contribution in [-0.2, 0) is 4.74 Å². The Bertz CT molecular complexity index is 661. The van der Waals surface area contributed by atoms with Gasteiger partial charge in [0.15, 0.2) is 6.29 Å². The van der Waals surface area contributed by atoms with Crippen molar-refractivity contribution in [3.8, 4) is 0 Å². The van der Waals surface area contributed by atoms with E-state index in [0.29, 0.717) is 17.5 Å². The van der Waals surface area contributed by atoms with Gasteiger partial charge < -0.3 is 15.0 Å². The lowest BCUT2D eigenvalue weighted by Crippen LogP contribution is -2.15. The number of anilines is 1. The Morgan fingerprint density at radius 3 is 2.70 bits per heavy atom. The molecule has 0 saturated heterocycles. The summed E-state index contributed by atoms with van der Waals surface area (Å²) in [4.78, 5) is 36.8. The smallest absolute Gasteiger partial charge is 0.339 e. The first kappa shape index (κ1) is 13.5. The molecule has 20 heavy (non-hydrogen) atoms. The third-order valence-electron chi connectivity index (χ3n) is 2.67. The maximum absolute atomic E-state index is 12.0. The molecule has 1 heterocycles. The number of carbonyl (C=O) groups excluding carboxylic acids is 3. The number of para-hydroxylation sites is 1. The van der Waals surface area contributed by atoms with Crippen molar-refractivity contribution in [2.24, 2.45) is 0 Å². The topological polar surface area (TPSA) is 88.3 Å². The Balaban J connectivity index is 2.23. The van der Waals surface area contributed by atoms with Gasteiger partial charge in [-0.3, -0.25) is 9.59 Å². The third kappa shape index (κ3) is 2.74. The van der Waals surface area contributed by atoms with Gasteiger partial charge in [0, 0.05) is 11.8 Å². The number of benzene rings is 1. The molecule has 0 saturated carbocycles. The fourth-order valence-corrected chi connectivity index (χ4v) is 1.68. The Morgan fingerprint density at radius 2 is 2.05 bits per heavy atom. The Morgan fingerprint density at radius 1 is 1.30 bits per heavy atom. The van der Waals surface area contributed by atoms with Crippen LogP contribution in [0.3, 0.4) is 0 Å². The molecule has 0 aliphatic heterocycles. The normalized spacial score (nSPS) is 9.85. The summed E-state index contributed by atoms with van der Waals surface area (Å²) in [5.74, 6) is -0.990. The van der Waals surface area contributed by atoms with Crippen molar-refractivity contribution in [2.75, 3.05) is 12.4 Å². The number of hydrogen-bond acceptors (Lipinski definition) is 4. The van der Waals surface area contributed by atoms with Crippen LogP contribution in [0.5, 0.6) is 0 Å². The van der Waals surface area contributed by atoms with E-state index in [-0.39, 0.29) is 11.3 Å². The van der Waals surface area contributed by atoms with Crippen molar-refractivity contribution < 1.29 is 19.1 Å². The zero-order valence-electron chi connectivity index (χ0n) is 10.7. The monoisotopic (exact) mass is 272 g/mol. The molecule has 0 aliphatic carbocycles. The van der Waals surface area contributed by atoms with Gasteiger partial charge in [0.05, 0.1) is 18.4 Å². The zero-order valence-corrected chi connectivity index (χ0v) is 10.7. The maximum atomic E-state index is 12.0. The van der Waals surface area contributed by atoms with Crippen LogP contribution in [0.1, 0.15) is 31.2 Å². The molecule has 2 aromatic rings. The molecule has 6 heteroatoms. The Kier molecular flexibility index (Phi) is 3.95. The van der Waals surface area contributed by atoms with Gasteiger partial charge in [0.2, 0.25) is 0 Å². The van der Waals surface area contributed by atoms with Crippen LogP contribution in [0.15, 0.2) is 36.5 Å². The molecule has 6 nitrogen and oxygen atoms in total. The first-order chi connectivity index (χ1) is 9.65. The average Bonchev–Trinajstić information content (AvgIpc) is 2.96. The number of nitrogens with one attached hydrogen (secondary N) is 2. The largest absolute Gasteiger partial charge is 0.465 e. The Hall–Kier alpha value is -2.89. The number of aromatic amines is 1. The van der Waals surface area contributed by atoms with Crippen molar-refractivity contribution in [2.45, 2.75) is 0 Å². The molecule has 1 aromatic heterocycles. The molecular formula is C14H12N2O4. The van der Waals surface area contributed by atoms with Gasteiger partial charge in [-0.15, -0.1) is 0 Å². The molecule has 1 aromatic carbocycles. The molecule has 2 rings (SSSR count). The molecular weight excluding hydrogens is 260 g/mol. The van der Waals surface area contributed by atoms with Gasteiger partial charge in [-0.1, -0.05) is 12.1 Å². The first-order valence-electron chi connectivity index (χ1n) is 5.78. The summed E-state index contributed by atoms with van der Waals surface area (Å²) in [7, 11) is 1.27. The van der Waals surface area contributed by atoms with Gasteiger partial charge in [-0.05, 0) is 18.2 Å². The molecule has 102 valence electrons. The van der Waals surface area contributed by atoms with E-state index in [9.17, 15) is 14.4 Å². The summed E-state index contributed by atoms with van der Waals surface area (Å²) in [5, 5.41) is 2.59. The standard InChI is InChI=1S/C14H12N2O4/c1-20-14(19)10-4-2-3-5-11(10)16-13(18)12-6-9(8-17)7-15-12/h2-8,15H,1H3,(H,16,18). The second-order valence-electron chi connectivity index (χ2n) is 3.96. The van der Waals surface area contributed by atoms with E-state index in [1.807, 2.05) is 0 Å². The van der Waals surface area contributed by atoms with Gasteiger partial charge in [-0.2, -0.15) is 0 Å². The first-order valence-corrected chi connectivity index (χ1v) is 5.78. The quantitative estimate of drug-likeness (QED) is 0.657. The predicted molar refractivity (Wildman–Crippen MR) is 71.9 cm³/mol. The van der Waals surface area contributed by atoms with E-state index in [2.05, 4.69) is 15.0 Å². The third-order valence-corrected chi connectivity index (χ3v) is 2.67. The number of aldehydes is 1. The van der Waals surface area contributed by atoms with Crippen molar-refractivity contribution in [1.82, 2.24) is 4.98 Å². The number of hydrogen-bond donors (Lipinski definition) is 2. The summed E-state index contributed by atoms with van der Waals surface area (Å²) < 4.78 is 4.64. The molecule has 0 atom stereocenters. The molecule has 0 fully saturated rings. The number of amides is 1. The highest BCUT2D eigenvalue weighted by Crippen LogP contribution is 2.17. The number of H-pyrrole nitrogens is 1. The fraction of sp³-hybridized carbons (Fsp3) is 0.0714. The highest BCUT2D eigenvalue weighted by Gasteiger charge is 2.15. The van der Waals surface area contributed by atoms with E-state index < -0.39 is 11.9 Å². The van der Waals surface area contributed by atoms with E-state index in [4.69, 9.17) is 0 Å². The predicted octanol–water partition coefficient (Wildman–Crippen LogP) is 1.87. The molecule has 0 bridgehead atoms. The van der Waals surface area contributed by atoms with Crippen molar-refractivity contribution in [3.05, 3.63) is 53.3 Å². The molecule has 0 radical (unpaired) electrons. The number of aromatic nitrogens is 1. The van der Waals surface area contributed by atoms with Crippen LogP contribution in [-0.4, -0.2) is 30.3 Å². The summed E-state index contributed by atoms with van der Waals surface area (Å²) in [6, 6.07) is 7.92. The molecule has 0 unspecified atom stereocenters. The Labute approximate surface area is 114 Å². The second-order valence-corrected chi connectivity index (χ2v) is 3.96. The lowest BCUT2D eigenvalue weighted by Gasteiger charge is -2.08. The molecule has 2 N–H and O–H groups in total. The average molecular weight is 272 g/mol. The number of carbonyl (C=O) groups is 3. The fourth-order valence-electron chi connectivity index (χ4n) is 1.68. The van der Waals surface area contributed by atoms with Gasteiger partial charge in [0.1, 0.15) is 5.69 Å². The summed E-state index contributed by atoms with van der Waals surface area (Å²) >= 11 is 0. The summed E-state index contributed by atoms with van der Waals surface area (Å²) in [6.45, 7) is 0. The number of methoxy groups -OCH3 is 1. The van der Waals surface area contributed by atoms with E-state index in [1.54, 1.807) is 24.3 Å². The van der Waals surface area contributed by atoms with E-state index >= 15 is 0 Å². The van der Waals surface area contributed by atoms with Crippen LogP contribution in [0.4, 0.5) is 5.69 Å². The highest BCUT2D eigenvalue weighted by molar-refractivity contribution is 6.07. The minimum absolute atomic E-state index is 0.228. The van der Waals surface area contributed by atoms with Gasteiger partial charge >= 0.3 is 5.97 Å². The minimum Gasteiger partial charge on any atom is -0.465 e. The highest BCUT2D eigenvalue weighted by atomic mass is 16.5. The molecule has 0 spiro atoms. The number of rotatable bonds is 4. The van der Waals surface area contributed by atoms with Crippen LogP contribution < -0.4 is 5.32 Å². The van der Waals surface area contributed by atoms with Gasteiger partial charge in [-0.25, -0.2) is 4.79 Å². The van der Waals surface area contributed by atoms with E-state index in [1.165, 1.54) is 19.4 Å². The maximum Gasteiger partial charge on any atom is 0.339 e. The number of ether oxygens (including phenoxy) is 1. The van der Waals surface area contributed by atoms with Crippen molar-refractivity contribution in [1.29, 1.82) is 0 Å². The van der Waals surface area contributed by atoms with Crippen LogP contribution in [0.25, 0.3) is 0 Å². The van der Waals surface area contributed by atoms with E-state index in [0.717, 1.165) is 0 Å². The lowest BCUT2D eigenvalue weighted by atomic mass is 10.1. The minimum atomic E-state index is -0.541. The van der Waals surface area contributed by atoms with Crippen LogP contribution in [0.2, 0.25) is 0 Å². The van der Waals surface area contributed by atoms with Crippen LogP contribution >= 0.6 is 0 Å². The van der Waals surface area contributed by atoms with Gasteiger partial charge in [0.25, 0.3) is 5.91 Å². The lowest BCUT2D eigenvalue weighted by molar-refractivity contribution is 0.0602. The SMILES string of the molecule is COC(=O)c1ccccc1NC(=O)c1cc(C=O)c[nH]1. The zero-order chi connectivity index (χ0) is 14.5. The number of esters is 1. The van der Waals surface area contributed by atoms with Crippen molar-refractivity contribution >= 4 is 23.9 Å². The van der Waals surface area contributed by atoms with Crippen molar-refractivity contribution in [3.63, 3.8) is 0 Å². The second kappa shape index (κ2) is 5.83. The molecule has 1 amide bonds.